The number of fused-ring (bicyclic) bond motifs is 1. The van der Waals surface area contributed by atoms with Gasteiger partial charge in [0.15, 0.2) is 5.82 Å². The number of hydrogen-bond donors (Lipinski definition) is 0. The SMILES string of the molecule is COC1=CC2=C(CC1)CC1(CCN(c3nc(C)c(-c4cccc(F)c4Cl)n4nccc34)CC1)C2.Cl. The van der Waals surface area contributed by atoms with E-state index in [1.54, 1.807) is 24.9 Å². The second kappa shape index (κ2) is 9.14. The first kappa shape index (κ1) is 24.1. The molecule has 3 aliphatic rings. The van der Waals surface area contributed by atoms with Crippen molar-refractivity contribution in [1.82, 2.24) is 14.6 Å². The number of nitrogens with zero attached hydrogens (tertiary/aromatic N) is 4. The smallest absolute Gasteiger partial charge is 0.155 e. The van der Waals surface area contributed by atoms with Gasteiger partial charge in [-0.25, -0.2) is 13.9 Å². The van der Waals surface area contributed by atoms with Gasteiger partial charge in [-0.3, -0.25) is 0 Å². The van der Waals surface area contributed by atoms with Crippen LogP contribution in [0.4, 0.5) is 10.2 Å². The third-order valence-electron chi connectivity index (χ3n) is 7.91. The summed E-state index contributed by atoms with van der Waals surface area (Å²) in [7, 11) is 1.78. The molecule has 5 nitrogen and oxygen atoms in total. The van der Waals surface area contributed by atoms with Crippen molar-refractivity contribution < 1.29 is 9.13 Å². The Morgan fingerprint density at radius 3 is 2.69 bits per heavy atom. The third kappa shape index (κ3) is 4.01. The second-order valence-electron chi connectivity index (χ2n) is 9.88. The van der Waals surface area contributed by atoms with Gasteiger partial charge in [0.1, 0.15) is 11.3 Å². The van der Waals surface area contributed by atoms with Gasteiger partial charge < -0.3 is 9.64 Å². The molecule has 6 rings (SSSR count). The summed E-state index contributed by atoms with van der Waals surface area (Å²) in [5.74, 6) is 1.62. The first-order valence-electron chi connectivity index (χ1n) is 12.0. The van der Waals surface area contributed by atoms with Crippen LogP contribution in [0.15, 0.2) is 53.4 Å². The van der Waals surface area contributed by atoms with E-state index in [-0.39, 0.29) is 17.4 Å². The molecule has 1 aromatic carbocycles. The Hall–Kier alpha value is -2.57. The number of allylic oxidation sites excluding steroid dienone is 4. The average Bonchev–Trinajstić information content (AvgIpc) is 3.45. The number of halogens is 3. The lowest BCUT2D eigenvalue weighted by Gasteiger charge is -2.40. The number of piperidine rings is 1. The maximum absolute atomic E-state index is 14.2. The van der Waals surface area contributed by atoms with E-state index < -0.39 is 5.82 Å². The monoisotopic (exact) mass is 514 g/mol. The van der Waals surface area contributed by atoms with E-state index in [1.165, 1.54) is 18.1 Å². The fourth-order valence-electron chi connectivity index (χ4n) is 6.11. The molecule has 1 saturated heterocycles. The highest BCUT2D eigenvalue weighted by Crippen LogP contribution is 2.52. The molecule has 2 aromatic heterocycles. The average molecular weight is 515 g/mol. The Kier molecular flexibility index (Phi) is 6.30. The summed E-state index contributed by atoms with van der Waals surface area (Å²) in [5, 5.41) is 4.66. The van der Waals surface area contributed by atoms with Gasteiger partial charge in [0.2, 0.25) is 0 Å². The van der Waals surface area contributed by atoms with Crippen LogP contribution in [0.5, 0.6) is 0 Å². The van der Waals surface area contributed by atoms with Crippen molar-refractivity contribution in [3.8, 4) is 11.3 Å². The molecule has 1 aliphatic heterocycles. The Morgan fingerprint density at radius 2 is 1.91 bits per heavy atom. The maximum atomic E-state index is 14.2. The van der Waals surface area contributed by atoms with Gasteiger partial charge in [-0.15, -0.1) is 12.4 Å². The predicted molar refractivity (Wildman–Crippen MR) is 140 cm³/mol. The topological polar surface area (TPSA) is 42.7 Å². The van der Waals surface area contributed by atoms with Crippen molar-refractivity contribution in [2.45, 2.75) is 45.4 Å². The van der Waals surface area contributed by atoms with E-state index in [1.807, 2.05) is 23.6 Å². The van der Waals surface area contributed by atoms with Crippen molar-refractivity contribution in [3.05, 3.63) is 70.0 Å². The van der Waals surface area contributed by atoms with Crippen LogP contribution in [0, 0.1) is 18.2 Å². The lowest BCUT2D eigenvalue weighted by molar-refractivity contribution is 0.231. The zero-order chi connectivity index (χ0) is 23.4. The summed E-state index contributed by atoms with van der Waals surface area (Å²) < 4.78 is 21.6. The summed E-state index contributed by atoms with van der Waals surface area (Å²) in [6, 6.07) is 6.84. The number of benzene rings is 1. The molecule has 35 heavy (non-hydrogen) atoms. The molecule has 3 heterocycles. The molecule has 0 unspecified atom stereocenters. The number of rotatable bonds is 3. The van der Waals surface area contributed by atoms with Gasteiger partial charge in [0.05, 0.1) is 35.5 Å². The van der Waals surface area contributed by atoms with Crippen LogP contribution in [-0.2, 0) is 4.74 Å². The van der Waals surface area contributed by atoms with E-state index in [0.717, 1.165) is 73.7 Å². The zero-order valence-electron chi connectivity index (χ0n) is 20.0. The second-order valence-corrected chi connectivity index (χ2v) is 10.3. The van der Waals surface area contributed by atoms with Crippen molar-refractivity contribution in [1.29, 1.82) is 0 Å². The summed E-state index contributed by atoms with van der Waals surface area (Å²) in [4.78, 5) is 7.39. The lowest BCUT2D eigenvalue weighted by Crippen LogP contribution is -2.40. The van der Waals surface area contributed by atoms with E-state index in [0.29, 0.717) is 11.0 Å². The molecule has 0 N–H and O–H groups in total. The highest BCUT2D eigenvalue weighted by molar-refractivity contribution is 6.33. The molecule has 2 aliphatic carbocycles. The predicted octanol–water partition coefficient (Wildman–Crippen LogP) is 6.92. The summed E-state index contributed by atoms with van der Waals surface area (Å²) in [5.41, 5.74) is 6.56. The van der Waals surface area contributed by atoms with Gasteiger partial charge in [0, 0.05) is 25.1 Å². The number of aryl methyl sites for hydroxylation is 1. The fourth-order valence-corrected chi connectivity index (χ4v) is 6.32. The normalized spacial score (nSPS) is 19.1. The molecule has 0 radical (unpaired) electrons. The quantitative estimate of drug-likeness (QED) is 0.380. The van der Waals surface area contributed by atoms with Gasteiger partial charge in [-0.1, -0.05) is 29.3 Å². The summed E-state index contributed by atoms with van der Waals surface area (Å²) >= 11 is 6.32. The number of ether oxygens (including phenoxy) is 1. The van der Waals surface area contributed by atoms with E-state index >= 15 is 0 Å². The highest BCUT2D eigenvalue weighted by Gasteiger charge is 2.42. The number of methoxy groups -OCH3 is 1. The van der Waals surface area contributed by atoms with Gasteiger partial charge in [-0.2, -0.15) is 5.10 Å². The first-order valence-corrected chi connectivity index (χ1v) is 12.3. The molecule has 1 spiro atoms. The van der Waals surface area contributed by atoms with Crippen LogP contribution >= 0.6 is 24.0 Å². The minimum Gasteiger partial charge on any atom is -0.501 e. The molecule has 184 valence electrons. The molecule has 0 saturated carbocycles. The molecule has 0 bridgehead atoms. The molecule has 0 atom stereocenters. The van der Waals surface area contributed by atoms with Crippen LogP contribution in [0.2, 0.25) is 5.02 Å². The molecular formula is C27H29Cl2FN4O. The number of hydrogen-bond acceptors (Lipinski definition) is 4. The lowest BCUT2D eigenvalue weighted by atomic mass is 9.75. The van der Waals surface area contributed by atoms with Gasteiger partial charge >= 0.3 is 0 Å². The third-order valence-corrected chi connectivity index (χ3v) is 8.29. The van der Waals surface area contributed by atoms with Crippen molar-refractivity contribution in [3.63, 3.8) is 0 Å². The largest absolute Gasteiger partial charge is 0.501 e. The minimum atomic E-state index is -0.440. The first-order chi connectivity index (χ1) is 16.5. The van der Waals surface area contributed by atoms with Crippen LogP contribution in [0.25, 0.3) is 16.8 Å². The number of anilines is 1. The highest BCUT2D eigenvalue weighted by atomic mass is 35.5. The molecule has 0 amide bonds. The van der Waals surface area contributed by atoms with Crippen LogP contribution in [0.1, 0.15) is 44.2 Å². The van der Waals surface area contributed by atoms with E-state index in [9.17, 15) is 4.39 Å². The zero-order valence-corrected chi connectivity index (χ0v) is 21.6. The van der Waals surface area contributed by atoms with Crippen molar-refractivity contribution in [2.75, 3.05) is 25.1 Å². The fraction of sp³-hybridized carbons (Fsp3) is 0.407. The maximum Gasteiger partial charge on any atom is 0.155 e. The summed E-state index contributed by atoms with van der Waals surface area (Å²) in [6.45, 7) is 3.88. The van der Waals surface area contributed by atoms with Crippen LogP contribution in [-0.4, -0.2) is 34.8 Å². The van der Waals surface area contributed by atoms with Crippen LogP contribution < -0.4 is 4.90 Å². The number of aromatic nitrogens is 3. The van der Waals surface area contributed by atoms with Crippen LogP contribution in [0.3, 0.4) is 0 Å². The molecule has 8 heteroatoms. The van der Waals surface area contributed by atoms with E-state index in [4.69, 9.17) is 21.3 Å². The van der Waals surface area contributed by atoms with Crippen molar-refractivity contribution >= 4 is 35.3 Å². The Morgan fingerprint density at radius 1 is 1.11 bits per heavy atom. The molecule has 1 fully saturated rings. The Balaban J connectivity index is 0.00000253. The molecular weight excluding hydrogens is 486 g/mol. The van der Waals surface area contributed by atoms with E-state index in [2.05, 4.69) is 16.1 Å². The van der Waals surface area contributed by atoms with Gasteiger partial charge in [-0.05, 0) is 68.2 Å². The summed E-state index contributed by atoms with van der Waals surface area (Å²) in [6.07, 6.45) is 10.9. The minimum absolute atomic E-state index is 0. The van der Waals surface area contributed by atoms with Crippen molar-refractivity contribution in [2.24, 2.45) is 5.41 Å². The molecule has 3 aromatic rings. The van der Waals surface area contributed by atoms with Gasteiger partial charge in [0.25, 0.3) is 0 Å². The standard InChI is InChI=1S/C27H28ClFN4O.ClH/c1-17-25(21-4-3-5-22(29)24(21)28)33-23(8-11-30-33)26(31-17)32-12-9-27(10-13-32)15-18-6-7-20(34-2)14-19(18)16-27;/h3-5,8,11,14H,6-7,9-10,12-13,15-16H2,1-2H3;1H. The Labute approximate surface area is 216 Å². The Bertz CT molecular complexity index is 1350.